The average Bonchev–Trinajstić information content (AvgIpc) is 2.45. The van der Waals surface area contributed by atoms with Crippen molar-refractivity contribution in [3.05, 3.63) is 35.9 Å². The third-order valence-electron chi connectivity index (χ3n) is 3.27. The molecule has 0 saturated carbocycles. The van der Waals surface area contributed by atoms with Crippen molar-refractivity contribution in [3.63, 3.8) is 0 Å². The second-order valence-corrected chi connectivity index (χ2v) is 7.07. The van der Waals surface area contributed by atoms with Gasteiger partial charge in [0.05, 0.1) is 12.9 Å². The van der Waals surface area contributed by atoms with Crippen molar-refractivity contribution < 1.29 is 17.9 Å². The topological polar surface area (TPSA) is 72.5 Å². The number of hydrogen-bond donors (Lipinski definition) is 1. The van der Waals surface area contributed by atoms with Gasteiger partial charge in [0.15, 0.2) is 0 Å². The molecule has 5 nitrogen and oxygen atoms in total. The Morgan fingerprint density at radius 3 is 2.43 bits per heavy atom. The fourth-order valence-corrected chi connectivity index (χ4v) is 3.69. The number of aryl methyl sites for hydroxylation is 1. The van der Waals surface area contributed by atoms with Crippen LogP contribution in [0.1, 0.15) is 32.3 Å². The first-order valence-electron chi connectivity index (χ1n) is 6.97. The summed E-state index contributed by atoms with van der Waals surface area (Å²) < 4.78 is 31.6. The smallest absolute Gasteiger partial charge is 0.326 e. The molecular formula is C15H23NO4S. The van der Waals surface area contributed by atoms with Crippen LogP contribution in [0.2, 0.25) is 0 Å². The minimum Gasteiger partial charge on any atom is -0.468 e. The molecule has 1 aromatic carbocycles. The van der Waals surface area contributed by atoms with Crippen LogP contribution in [0.5, 0.6) is 0 Å². The number of nitrogens with one attached hydrogen (secondary N) is 1. The van der Waals surface area contributed by atoms with Gasteiger partial charge < -0.3 is 4.74 Å². The zero-order valence-corrected chi connectivity index (χ0v) is 13.6. The van der Waals surface area contributed by atoms with Crippen molar-refractivity contribution in [2.24, 2.45) is 0 Å². The largest absolute Gasteiger partial charge is 0.468 e. The van der Waals surface area contributed by atoms with E-state index in [0.29, 0.717) is 19.3 Å². The van der Waals surface area contributed by atoms with Gasteiger partial charge in [-0.1, -0.05) is 43.7 Å². The van der Waals surface area contributed by atoms with Crippen molar-refractivity contribution in [3.8, 4) is 0 Å². The van der Waals surface area contributed by atoms with Gasteiger partial charge in [0.25, 0.3) is 0 Å². The molecular weight excluding hydrogens is 290 g/mol. The first-order valence-corrected chi connectivity index (χ1v) is 8.62. The number of benzene rings is 1. The number of ether oxygens (including phenoxy) is 1. The predicted molar refractivity (Wildman–Crippen MR) is 82.4 cm³/mol. The number of methoxy groups -OCH3 is 1. The lowest BCUT2D eigenvalue weighted by atomic mass is 9.98. The Bertz CT molecular complexity index is 556. The van der Waals surface area contributed by atoms with Crippen molar-refractivity contribution in [1.82, 2.24) is 4.72 Å². The van der Waals surface area contributed by atoms with E-state index in [9.17, 15) is 13.2 Å². The molecule has 1 aromatic rings. The number of hydrogen-bond acceptors (Lipinski definition) is 4. The van der Waals surface area contributed by atoms with Gasteiger partial charge in [0.1, 0.15) is 5.54 Å². The minimum atomic E-state index is -3.57. The molecule has 0 radical (unpaired) electrons. The quantitative estimate of drug-likeness (QED) is 0.744. The summed E-state index contributed by atoms with van der Waals surface area (Å²) in [7, 11) is -2.31. The van der Waals surface area contributed by atoms with Gasteiger partial charge in [-0.3, -0.25) is 4.79 Å². The molecule has 1 rings (SSSR count). The van der Waals surface area contributed by atoms with Crippen LogP contribution in [0, 0.1) is 0 Å². The van der Waals surface area contributed by atoms with Gasteiger partial charge >= 0.3 is 5.97 Å². The first-order chi connectivity index (χ1) is 9.83. The Hall–Kier alpha value is -1.40. The molecule has 0 bridgehead atoms. The number of carbonyl (C=O) groups excluding carboxylic acids is 1. The molecule has 1 unspecified atom stereocenters. The molecule has 6 heteroatoms. The summed E-state index contributed by atoms with van der Waals surface area (Å²) in [5, 5.41) is 0. The molecule has 21 heavy (non-hydrogen) atoms. The maximum absolute atomic E-state index is 12.2. The number of rotatable bonds is 8. The number of sulfonamides is 1. The lowest BCUT2D eigenvalue weighted by Gasteiger charge is -2.27. The average molecular weight is 313 g/mol. The summed E-state index contributed by atoms with van der Waals surface area (Å²) in [5.41, 5.74) is -0.267. The van der Waals surface area contributed by atoms with Crippen LogP contribution in [0.15, 0.2) is 30.3 Å². The van der Waals surface area contributed by atoms with Crippen LogP contribution in [-0.2, 0) is 26.0 Å². The lowest BCUT2D eigenvalue weighted by molar-refractivity contribution is -0.147. The van der Waals surface area contributed by atoms with Gasteiger partial charge in [0, 0.05) is 0 Å². The van der Waals surface area contributed by atoms with Crippen LogP contribution in [0.25, 0.3) is 0 Å². The Balaban J connectivity index is 2.75. The van der Waals surface area contributed by atoms with Gasteiger partial charge in [-0.15, -0.1) is 0 Å². The standard InChI is InChI=1S/C15H23NO4S/c1-4-11-15(2,14(17)20-3)16-21(18,19)12-10-13-8-6-5-7-9-13/h5-9,16H,4,10-12H2,1-3H3. The normalized spacial score (nSPS) is 14.4. The van der Waals surface area contributed by atoms with Gasteiger partial charge in [-0.25, -0.2) is 8.42 Å². The highest BCUT2D eigenvalue weighted by Crippen LogP contribution is 2.16. The Morgan fingerprint density at radius 1 is 1.29 bits per heavy atom. The van der Waals surface area contributed by atoms with E-state index in [2.05, 4.69) is 4.72 Å². The van der Waals surface area contributed by atoms with Crippen LogP contribution >= 0.6 is 0 Å². The second-order valence-electron chi connectivity index (χ2n) is 5.23. The zero-order valence-electron chi connectivity index (χ0n) is 12.8. The highest BCUT2D eigenvalue weighted by atomic mass is 32.2. The van der Waals surface area contributed by atoms with Gasteiger partial charge in [0.2, 0.25) is 10.0 Å². The molecule has 0 aromatic heterocycles. The number of esters is 1. The molecule has 0 aliphatic carbocycles. The van der Waals surface area contributed by atoms with Crippen LogP contribution in [0.3, 0.4) is 0 Å². The van der Waals surface area contributed by atoms with E-state index >= 15 is 0 Å². The highest BCUT2D eigenvalue weighted by Gasteiger charge is 2.37. The predicted octanol–water partition coefficient (Wildman–Crippen LogP) is 1.88. The fourth-order valence-electron chi connectivity index (χ4n) is 2.21. The molecule has 0 saturated heterocycles. The lowest BCUT2D eigenvalue weighted by Crippen LogP contribution is -2.53. The molecule has 1 N–H and O–H groups in total. The molecule has 1 atom stereocenters. The monoisotopic (exact) mass is 313 g/mol. The Morgan fingerprint density at radius 2 is 1.90 bits per heavy atom. The van der Waals surface area contributed by atoms with E-state index in [1.807, 2.05) is 37.3 Å². The molecule has 0 fully saturated rings. The highest BCUT2D eigenvalue weighted by molar-refractivity contribution is 7.89. The second kappa shape index (κ2) is 7.56. The third kappa shape index (κ3) is 5.47. The summed E-state index contributed by atoms with van der Waals surface area (Å²) in [4.78, 5) is 11.8. The molecule has 118 valence electrons. The summed E-state index contributed by atoms with van der Waals surface area (Å²) >= 11 is 0. The summed E-state index contributed by atoms with van der Waals surface area (Å²) in [5.74, 6) is -0.625. The maximum atomic E-state index is 12.2. The fraction of sp³-hybridized carbons (Fsp3) is 0.533. The van der Waals surface area contributed by atoms with E-state index in [0.717, 1.165) is 5.56 Å². The summed E-state index contributed by atoms with van der Waals surface area (Å²) in [6, 6.07) is 9.37. The third-order valence-corrected chi connectivity index (χ3v) is 4.77. The van der Waals surface area contributed by atoms with E-state index in [1.165, 1.54) is 7.11 Å². The summed E-state index contributed by atoms with van der Waals surface area (Å²) in [6.07, 6.45) is 1.47. The molecule has 0 heterocycles. The Labute approximate surface area is 126 Å². The molecule has 0 aliphatic rings. The molecule has 0 amide bonds. The van der Waals surface area contributed by atoms with Crippen molar-refractivity contribution in [2.45, 2.75) is 38.6 Å². The van der Waals surface area contributed by atoms with E-state index in [4.69, 9.17) is 4.74 Å². The number of carbonyl (C=O) groups is 1. The van der Waals surface area contributed by atoms with Crippen molar-refractivity contribution in [2.75, 3.05) is 12.9 Å². The van der Waals surface area contributed by atoms with E-state index in [-0.39, 0.29) is 5.75 Å². The van der Waals surface area contributed by atoms with Crippen LogP contribution < -0.4 is 4.72 Å². The maximum Gasteiger partial charge on any atom is 0.326 e. The van der Waals surface area contributed by atoms with Crippen molar-refractivity contribution >= 4 is 16.0 Å². The first kappa shape index (κ1) is 17.7. The van der Waals surface area contributed by atoms with Gasteiger partial charge in [-0.05, 0) is 25.3 Å². The Kier molecular flexibility index (Phi) is 6.36. The van der Waals surface area contributed by atoms with Crippen molar-refractivity contribution in [1.29, 1.82) is 0 Å². The zero-order chi connectivity index (χ0) is 15.9. The van der Waals surface area contributed by atoms with E-state index < -0.39 is 21.5 Å². The SMILES string of the molecule is CCCC(C)(NS(=O)(=O)CCc1ccccc1)C(=O)OC. The van der Waals surface area contributed by atoms with Crippen LogP contribution in [0.4, 0.5) is 0 Å². The molecule has 0 aliphatic heterocycles. The van der Waals surface area contributed by atoms with Gasteiger partial charge in [-0.2, -0.15) is 4.72 Å². The minimum absolute atomic E-state index is 0.0622. The van der Waals surface area contributed by atoms with E-state index in [1.54, 1.807) is 6.92 Å². The van der Waals surface area contributed by atoms with Crippen LogP contribution in [-0.4, -0.2) is 32.8 Å². The molecule has 0 spiro atoms. The summed E-state index contributed by atoms with van der Waals surface area (Å²) in [6.45, 7) is 3.45.